The highest BCUT2D eigenvalue weighted by Gasteiger charge is 2.94. The molecule has 2 aromatic carbocycles. The van der Waals surface area contributed by atoms with Crippen molar-refractivity contribution < 1.29 is 97.1 Å². The van der Waals surface area contributed by atoms with Gasteiger partial charge in [0.05, 0.1) is 55.2 Å². The smallest absolute Gasteiger partial charge is 0.303 e. The van der Waals surface area contributed by atoms with E-state index in [-0.39, 0.29) is 59.3 Å². The number of Topliss-reactive ketones (excluding diaryl/α,β-unsaturated/α-hetero) is 1. The van der Waals surface area contributed by atoms with E-state index in [1.807, 2.05) is 0 Å². The second-order valence-corrected chi connectivity index (χ2v) is 17.7. The third-order valence-corrected chi connectivity index (χ3v) is 13.9. The van der Waals surface area contributed by atoms with Gasteiger partial charge in [0.25, 0.3) is 11.6 Å². The van der Waals surface area contributed by atoms with Crippen LogP contribution >= 0.6 is 0 Å². The summed E-state index contributed by atoms with van der Waals surface area (Å²) in [5.41, 5.74) is -4.49. The Bertz CT molecular complexity index is 2150. The van der Waals surface area contributed by atoms with Gasteiger partial charge in [-0.25, -0.2) is 0 Å². The molecule has 14 unspecified atom stereocenters. The van der Waals surface area contributed by atoms with E-state index in [0.717, 1.165) is 0 Å². The molecule has 20 nitrogen and oxygen atoms in total. The number of ether oxygens (including phenoxy) is 12. The Hall–Kier alpha value is -3.32. The molecule has 0 radical (unpaired) electrons. The number of aromatic hydroxyl groups is 1. The van der Waals surface area contributed by atoms with Crippen molar-refractivity contribution >= 4 is 22.5 Å². The SMILES string of the molecule is COc1c2c(c(O)c3c4c(c(C)cc13)C1O[C@]3(C(OC)OC)O[C@@H]1C(OC1CC(O)C(O)(C(C)O)C(C)O1)(O4)C31CO1)C(=O)C(O)CC2OC1CC(C)(O)C(OC(C)=O)C(C)O1. The van der Waals surface area contributed by atoms with Crippen molar-refractivity contribution in [2.24, 2.45) is 0 Å². The molecule has 62 heavy (non-hydrogen) atoms. The Morgan fingerprint density at radius 1 is 1.02 bits per heavy atom. The molecule has 5 saturated heterocycles. The van der Waals surface area contributed by atoms with Crippen LogP contribution in [0.3, 0.4) is 0 Å². The van der Waals surface area contributed by atoms with Crippen LogP contribution in [-0.4, -0.2) is 160 Å². The summed E-state index contributed by atoms with van der Waals surface area (Å²) < 4.78 is 75.1. The molecule has 6 aliphatic heterocycles. The van der Waals surface area contributed by atoms with Gasteiger partial charge >= 0.3 is 5.97 Å². The number of fused-ring (bicyclic) bond motifs is 8. The Labute approximate surface area is 355 Å². The van der Waals surface area contributed by atoms with Crippen LogP contribution in [0, 0.1) is 6.92 Å². The second kappa shape index (κ2) is 14.6. The number of esters is 1. The number of rotatable bonds is 10. The van der Waals surface area contributed by atoms with E-state index >= 15 is 0 Å². The molecule has 0 amide bonds. The van der Waals surface area contributed by atoms with Crippen molar-refractivity contribution in [3.63, 3.8) is 0 Å². The molecule has 6 N–H and O–H groups in total. The lowest BCUT2D eigenvalue weighted by atomic mass is 9.77. The fourth-order valence-corrected chi connectivity index (χ4v) is 10.9. The maximum Gasteiger partial charge on any atom is 0.303 e. The summed E-state index contributed by atoms with van der Waals surface area (Å²) in [4.78, 5) is 25.9. The molecule has 0 aromatic heterocycles. The van der Waals surface area contributed by atoms with Crippen LogP contribution in [0.4, 0.5) is 0 Å². The predicted octanol–water partition coefficient (Wildman–Crippen LogP) is 0.952. The number of phenolic OH excluding ortho intramolecular Hbond substituents is 1. The largest absolute Gasteiger partial charge is 0.506 e. The van der Waals surface area contributed by atoms with E-state index in [1.165, 1.54) is 49.0 Å². The maximum atomic E-state index is 14.1. The van der Waals surface area contributed by atoms with Crippen molar-refractivity contribution in [2.45, 2.75) is 163 Å². The van der Waals surface area contributed by atoms with Gasteiger partial charge in [-0.15, -0.1) is 0 Å². The minimum absolute atomic E-state index is 0.00701. The second-order valence-electron chi connectivity index (χ2n) is 17.7. The van der Waals surface area contributed by atoms with Gasteiger partial charge < -0.3 is 87.5 Å². The van der Waals surface area contributed by atoms with Crippen molar-refractivity contribution in [3.8, 4) is 17.2 Å². The monoisotopic (exact) mass is 878 g/mol. The molecule has 9 rings (SSSR count). The zero-order valence-corrected chi connectivity index (χ0v) is 35.7. The highest BCUT2D eigenvalue weighted by Crippen LogP contribution is 2.72. The molecule has 7 aliphatic rings. The summed E-state index contributed by atoms with van der Waals surface area (Å²) in [5, 5.41) is 68.3. The molecule has 0 saturated carbocycles. The number of carbonyl (C=O) groups excluding carboxylic acids is 2. The summed E-state index contributed by atoms with van der Waals surface area (Å²) in [6, 6.07) is 1.72. The first-order valence-corrected chi connectivity index (χ1v) is 20.7. The average Bonchev–Trinajstić information content (AvgIpc) is 3.86. The van der Waals surface area contributed by atoms with Gasteiger partial charge in [0.1, 0.15) is 40.7 Å². The topological polar surface area (TPSA) is 270 Å². The fourth-order valence-electron chi connectivity index (χ4n) is 10.9. The van der Waals surface area contributed by atoms with Crippen molar-refractivity contribution in [1.82, 2.24) is 0 Å². The zero-order chi connectivity index (χ0) is 44.8. The summed E-state index contributed by atoms with van der Waals surface area (Å²) in [6.45, 7) is 8.85. The number of aliphatic hydroxyl groups is 5. The zero-order valence-electron chi connectivity index (χ0n) is 35.7. The fraction of sp³-hybridized carbons (Fsp3) is 0.714. The van der Waals surface area contributed by atoms with Crippen molar-refractivity contribution in [3.05, 3.63) is 28.3 Å². The van der Waals surface area contributed by atoms with E-state index in [4.69, 9.17) is 56.8 Å². The number of methoxy groups -OCH3 is 3. The summed E-state index contributed by atoms with van der Waals surface area (Å²) in [7, 11) is 4.17. The Kier molecular flexibility index (Phi) is 10.3. The number of aliphatic hydroxyl groups excluding tert-OH is 3. The molecular formula is C42H54O20. The highest BCUT2D eigenvalue weighted by molar-refractivity contribution is 6.13. The van der Waals surface area contributed by atoms with Crippen LogP contribution in [0.15, 0.2) is 6.07 Å². The Morgan fingerprint density at radius 2 is 1.71 bits per heavy atom. The van der Waals surface area contributed by atoms with E-state index in [1.54, 1.807) is 19.9 Å². The molecule has 5 fully saturated rings. The van der Waals surface area contributed by atoms with E-state index < -0.39 is 120 Å². The standard InChI is InChI=1S/C42H54O20/c1-15-10-20-27(31(48)29-28(32(20)51-7)22(11-21(45)30(29)47)58-25-13-38(6,49)35(16(2)55-25)57-19(5)44)33-26(15)34-36-41(60-33,39(14-54-39)42(61-34,62-36)37(52-8)53-9)59-24-12-23(46)40(50,17(3)43)18(4)56-24/h10,16-18,21-25,34-37,43,45-46,48-50H,11-14H2,1-9H3/t16?,17?,18?,21?,22?,23?,24?,25?,34?,35?,36-,38?,39?,40?,41?,42+/m0/s1. The molecule has 2 bridgehead atoms. The predicted molar refractivity (Wildman–Crippen MR) is 205 cm³/mol. The number of hydrogen-bond donors (Lipinski definition) is 6. The van der Waals surface area contributed by atoms with Crippen LogP contribution in [0.5, 0.6) is 17.2 Å². The van der Waals surface area contributed by atoms with Gasteiger partial charge in [0.15, 0.2) is 30.6 Å². The number of carbonyl (C=O) groups is 2. The van der Waals surface area contributed by atoms with Crippen LogP contribution in [-0.2, 0) is 52.2 Å². The lowest BCUT2D eigenvalue weighted by molar-refractivity contribution is -0.390. The van der Waals surface area contributed by atoms with Crippen LogP contribution in [0.1, 0.15) is 93.1 Å². The number of epoxide rings is 1. The number of hydrogen-bond acceptors (Lipinski definition) is 20. The molecule has 2 aromatic rings. The third-order valence-electron chi connectivity index (χ3n) is 13.9. The first-order valence-electron chi connectivity index (χ1n) is 20.7. The lowest BCUT2D eigenvalue weighted by Crippen LogP contribution is -2.72. The number of phenols is 1. The average molecular weight is 879 g/mol. The molecule has 20 heteroatoms. The van der Waals surface area contributed by atoms with Crippen LogP contribution < -0.4 is 9.47 Å². The van der Waals surface area contributed by atoms with Crippen LogP contribution in [0.2, 0.25) is 0 Å². The first kappa shape index (κ1) is 43.9. The minimum Gasteiger partial charge on any atom is -0.506 e. The Balaban J connectivity index is 1.18. The van der Waals surface area contributed by atoms with E-state index in [9.17, 15) is 40.2 Å². The number of benzene rings is 2. The molecule has 16 atom stereocenters. The van der Waals surface area contributed by atoms with Crippen molar-refractivity contribution in [2.75, 3.05) is 27.9 Å². The molecule has 6 heterocycles. The summed E-state index contributed by atoms with van der Waals surface area (Å²) >= 11 is 0. The molecule has 1 aliphatic carbocycles. The van der Waals surface area contributed by atoms with Gasteiger partial charge in [0, 0.05) is 56.9 Å². The third kappa shape index (κ3) is 5.76. The highest BCUT2D eigenvalue weighted by atomic mass is 16.9. The van der Waals surface area contributed by atoms with Crippen LogP contribution in [0.25, 0.3) is 10.8 Å². The molecule has 342 valence electrons. The normalized spacial score (nSPS) is 43.4. The van der Waals surface area contributed by atoms with E-state index in [0.29, 0.717) is 11.1 Å². The number of ketones is 1. The van der Waals surface area contributed by atoms with E-state index in [2.05, 4.69) is 0 Å². The van der Waals surface area contributed by atoms with Gasteiger partial charge in [-0.3, -0.25) is 9.59 Å². The minimum atomic E-state index is -2.04. The summed E-state index contributed by atoms with van der Waals surface area (Å²) in [6.07, 6.45) is -15.2. The quantitative estimate of drug-likeness (QED) is 0.110. The lowest BCUT2D eigenvalue weighted by Gasteiger charge is -2.52. The van der Waals surface area contributed by atoms with Crippen molar-refractivity contribution in [1.29, 1.82) is 0 Å². The Morgan fingerprint density at radius 3 is 2.29 bits per heavy atom. The van der Waals surface area contributed by atoms with Gasteiger partial charge in [0.2, 0.25) is 11.9 Å². The summed E-state index contributed by atoms with van der Waals surface area (Å²) in [5.74, 6) is -5.73. The molecule has 1 spiro atoms. The van der Waals surface area contributed by atoms with Gasteiger partial charge in [-0.1, -0.05) is 0 Å². The molecular weight excluding hydrogens is 824 g/mol. The van der Waals surface area contributed by atoms with Gasteiger partial charge in [-0.05, 0) is 46.2 Å². The van der Waals surface area contributed by atoms with Gasteiger partial charge in [-0.2, -0.15) is 0 Å². The first-order chi connectivity index (χ1) is 29.2. The number of aryl methyl sites for hydroxylation is 1. The maximum absolute atomic E-state index is 14.1.